The number of rotatable bonds is 5. The lowest BCUT2D eigenvalue weighted by molar-refractivity contribution is -0.384. The van der Waals surface area contributed by atoms with Gasteiger partial charge in [0.1, 0.15) is 11.4 Å². The van der Waals surface area contributed by atoms with Gasteiger partial charge in [-0.25, -0.2) is 0 Å². The molecule has 0 aliphatic carbocycles. The van der Waals surface area contributed by atoms with Crippen molar-refractivity contribution in [1.29, 1.82) is 0 Å². The van der Waals surface area contributed by atoms with E-state index in [9.17, 15) is 19.7 Å². The van der Waals surface area contributed by atoms with Crippen molar-refractivity contribution in [3.63, 3.8) is 0 Å². The highest BCUT2D eigenvalue weighted by molar-refractivity contribution is 5.82. The van der Waals surface area contributed by atoms with Crippen molar-refractivity contribution in [3.8, 4) is 0 Å². The van der Waals surface area contributed by atoms with Crippen LogP contribution in [0.2, 0.25) is 0 Å². The molecule has 0 amide bonds. The maximum Gasteiger partial charge on any atom is 0.269 e. The van der Waals surface area contributed by atoms with Gasteiger partial charge in [-0.2, -0.15) is 0 Å². The fourth-order valence-corrected chi connectivity index (χ4v) is 2.11. The van der Waals surface area contributed by atoms with E-state index in [1.54, 1.807) is 24.3 Å². The normalized spacial score (nSPS) is 10.4. The number of para-hydroxylation sites is 1. The van der Waals surface area contributed by atoms with Gasteiger partial charge in [0.15, 0.2) is 0 Å². The summed E-state index contributed by atoms with van der Waals surface area (Å²) in [5, 5.41) is 16.3. The van der Waals surface area contributed by atoms with Gasteiger partial charge >= 0.3 is 0 Å². The highest BCUT2D eigenvalue weighted by Crippen LogP contribution is 2.25. The number of hydrogen-bond donors (Lipinski definition) is 2. The molecule has 7 nitrogen and oxygen atoms in total. The van der Waals surface area contributed by atoms with E-state index in [0.717, 1.165) is 0 Å². The summed E-state index contributed by atoms with van der Waals surface area (Å²) in [5.74, 6) is 0. The minimum absolute atomic E-state index is 0.0526. The lowest BCUT2D eigenvalue weighted by atomic mass is 10.1. The Morgan fingerprint density at radius 1 is 0.739 bits per heavy atom. The number of anilines is 4. The van der Waals surface area contributed by atoms with Gasteiger partial charge in [0.2, 0.25) is 0 Å². The van der Waals surface area contributed by atoms with Crippen molar-refractivity contribution >= 4 is 28.4 Å². The zero-order valence-corrected chi connectivity index (χ0v) is 11.8. The summed E-state index contributed by atoms with van der Waals surface area (Å²) >= 11 is 0. The third kappa shape index (κ3) is 2.80. The van der Waals surface area contributed by atoms with Crippen LogP contribution in [-0.2, 0) is 0 Å². The molecule has 0 spiro atoms. The minimum atomic E-state index is -0.623. The average Bonchev–Trinajstić information content (AvgIpc) is 2.59. The largest absolute Gasteiger partial charge is 0.350 e. The molecule has 0 heterocycles. The Hall–Kier alpha value is -3.48. The van der Waals surface area contributed by atoms with Crippen LogP contribution in [0.3, 0.4) is 0 Å². The zero-order valence-electron chi connectivity index (χ0n) is 11.8. The van der Waals surface area contributed by atoms with E-state index in [-0.39, 0.29) is 17.1 Å². The number of benzene rings is 2. The van der Waals surface area contributed by atoms with Gasteiger partial charge in [0, 0.05) is 23.5 Å². The van der Waals surface area contributed by atoms with Crippen molar-refractivity contribution in [3.05, 3.63) is 85.2 Å². The van der Waals surface area contributed by atoms with Crippen LogP contribution in [0.5, 0.6) is 0 Å². The summed E-state index contributed by atoms with van der Waals surface area (Å²) in [6, 6.07) is 14.6. The molecule has 114 valence electrons. The van der Waals surface area contributed by atoms with Gasteiger partial charge in [0.05, 0.1) is 4.92 Å². The first kappa shape index (κ1) is 14.5. The monoisotopic (exact) mass is 309 g/mol. The molecule has 0 atom stereocenters. The van der Waals surface area contributed by atoms with Gasteiger partial charge < -0.3 is 10.6 Å². The van der Waals surface area contributed by atoms with E-state index >= 15 is 0 Å². The second kappa shape index (κ2) is 5.72. The molecule has 0 aliphatic rings. The highest BCUT2D eigenvalue weighted by atomic mass is 16.6. The number of nitrogens with zero attached hydrogens (tertiary/aromatic N) is 1. The number of hydrogen-bond acceptors (Lipinski definition) is 6. The quantitative estimate of drug-likeness (QED) is 0.427. The molecule has 3 rings (SSSR count). The second-order valence-electron chi connectivity index (χ2n) is 4.83. The molecule has 0 unspecified atom stereocenters. The van der Waals surface area contributed by atoms with Gasteiger partial charge in [-0.1, -0.05) is 18.2 Å². The van der Waals surface area contributed by atoms with Crippen LogP contribution in [0, 0.1) is 10.1 Å². The van der Waals surface area contributed by atoms with E-state index < -0.39 is 15.8 Å². The van der Waals surface area contributed by atoms with Crippen LogP contribution >= 0.6 is 0 Å². The third-order valence-corrected chi connectivity index (χ3v) is 3.30. The lowest BCUT2D eigenvalue weighted by Crippen LogP contribution is -2.35. The predicted molar refractivity (Wildman–Crippen MR) is 87.5 cm³/mol. The Morgan fingerprint density at radius 2 is 1.22 bits per heavy atom. The molecule has 0 radical (unpaired) electrons. The van der Waals surface area contributed by atoms with Crippen molar-refractivity contribution in [1.82, 2.24) is 0 Å². The highest BCUT2D eigenvalue weighted by Gasteiger charge is 2.21. The molecular weight excluding hydrogens is 298 g/mol. The summed E-state index contributed by atoms with van der Waals surface area (Å²) in [4.78, 5) is 33.5. The molecule has 3 aromatic rings. The molecule has 2 N–H and O–H groups in total. The average molecular weight is 309 g/mol. The van der Waals surface area contributed by atoms with Crippen molar-refractivity contribution in [2.75, 3.05) is 10.6 Å². The van der Waals surface area contributed by atoms with Crippen LogP contribution < -0.4 is 21.5 Å². The van der Waals surface area contributed by atoms with Gasteiger partial charge in [-0.15, -0.1) is 0 Å². The van der Waals surface area contributed by atoms with Crippen LogP contribution in [0.15, 0.2) is 64.2 Å². The Bertz CT molecular complexity index is 926. The van der Waals surface area contributed by atoms with Crippen LogP contribution in [0.25, 0.3) is 0 Å². The maximum absolute atomic E-state index is 11.7. The molecular formula is C16H11N3O4. The van der Waals surface area contributed by atoms with E-state index in [1.165, 1.54) is 24.3 Å². The lowest BCUT2D eigenvalue weighted by Gasteiger charge is -2.14. The molecule has 0 aliphatic heterocycles. The molecule has 0 saturated heterocycles. The second-order valence-corrected chi connectivity index (χ2v) is 4.83. The molecule has 7 heteroatoms. The maximum atomic E-state index is 11.7. The van der Waals surface area contributed by atoms with Crippen LogP contribution in [0.4, 0.5) is 28.4 Å². The Labute approximate surface area is 130 Å². The molecule has 3 aromatic carbocycles. The van der Waals surface area contributed by atoms with Crippen molar-refractivity contribution in [2.45, 2.75) is 0 Å². The van der Waals surface area contributed by atoms with E-state index in [1.807, 2.05) is 6.07 Å². The SMILES string of the molecule is O=c1c(Nc2ccccc2)c(Nc2ccc([N+](=O)[O-])cc2)c1=O. The fraction of sp³-hybridized carbons (Fsp3) is 0. The van der Waals surface area contributed by atoms with Gasteiger partial charge in [-0.05, 0) is 24.3 Å². The topological polar surface area (TPSA) is 101 Å². The first-order chi connectivity index (χ1) is 11.1. The summed E-state index contributed by atoms with van der Waals surface area (Å²) in [7, 11) is 0. The number of non-ortho nitro benzene ring substituents is 1. The van der Waals surface area contributed by atoms with E-state index in [0.29, 0.717) is 11.4 Å². The Balaban J connectivity index is 1.84. The van der Waals surface area contributed by atoms with Crippen molar-refractivity contribution in [2.24, 2.45) is 0 Å². The third-order valence-electron chi connectivity index (χ3n) is 3.30. The summed E-state index contributed by atoms with van der Waals surface area (Å²) in [6.45, 7) is 0. The first-order valence-electron chi connectivity index (χ1n) is 6.73. The summed E-state index contributed by atoms with van der Waals surface area (Å²) in [5.41, 5.74) is 0.223. The smallest absolute Gasteiger partial charge is 0.269 e. The summed E-state index contributed by atoms with van der Waals surface area (Å²) in [6.07, 6.45) is 0. The zero-order chi connectivity index (χ0) is 16.4. The van der Waals surface area contributed by atoms with Crippen LogP contribution in [-0.4, -0.2) is 4.92 Å². The first-order valence-corrected chi connectivity index (χ1v) is 6.73. The molecule has 0 fully saturated rings. The summed E-state index contributed by atoms with van der Waals surface area (Å²) < 4.78 is 0. The van der Waals surface area contributed by atoms with Crippen LogP contribution in [0.1, 0.15) is 0 Å². The standard InChI is InChI=1S/C16H11N3O4/c20-15-13(17-10-4-2-1-3-5-10)14(16(15)21)18-11-6-8-12(9-7-11)19(22)23/h1-9,17-18H. The van der Waals surface area contributed by atoms with Crippen molar-refractivity contribution < 1.29 is 4.92 Å². The molecule has 0 aromatic heterocycles. The fourth-order valence-electron chi connectivity index (χ4n) is 2.11. The van der Waals surface area contributed by atoms with Gasteiger partial charge in [0.25, 0.3) is 16.5 Å². The molecule has 0 bridgehead atoms. The predicted octanol–water partition coefficient (Wildman–Crippen LogP) is 2.68. The van der Waals surface area contributed by atoms with E-state index in [4.69, 9.17) is 0 Å². The Morgan fingerprint density at radius 3 is 1.70 bits per heavy atom. The Kier molecular flexibility index (Phi) is 3.60. The molecule has 23 heavy (non-hydrogen) atoms. The molecule has 0 saturated carbocycles. The van der Waals surface area contributed by atoms with Gasteiger partial charge in [-0.3, -0.25) is 19.7 Å². The number of nitro groups is 1. The van der Waals surface area contributed by atoms with E-state index in [2.05, 4.69) is 10.6 Å². The number of nitrogens with one attached hydrogen (secondary N) is 2. The number of nitro benzene ring substituents is 1. The minimum Gasteiger partial charge on any atom is -0.350 e.